The maximum absolute atomic E-state index is 13.0. The molecule has 2 heterocycles. The molecule has 46 heavy (non-hydrogen) atoms. The predicted molar refractivity (Wildman–Crippen MR) is 162 cm³/mol. The van der Waals surface area contributed by atoms with Crippen LogP contribution in [-0.4, -0.2) is 98.5 Å². The summed E-state index contributed by atoms with van der Waals surface area (Å²) < 4.78 is 16.7. The van der Waals surface area contributed by atoms with Gasteiger partial charge in [0.25, 0.3) is 0 Å². The van der Waals surface area contributed by atoms with E-state index in [4.69, 9.17) is 25.7 Å². The van der Waals surface area contributed by atoms with Gasteiger partial charge >= 0.3 is 11.9 Å². The molecule has 2 saturated heterocycles. The minimum absolute atomic E-state index is 0.132. The number of carboxylic acid groups (broad SMARTS) is 2. The molecule has 4 fully saturated rings. The van der Waals surface area contributed by atoms with E-state index in [9.17, 15) is 29.4 Å². The number of carbonyl (C=O) groups excluding carboxylic acids is 2. The number of ether oxygens (including phenoxy) is 3. The third-order valence-corrected chi connectivity index (χ3v) is 9.52. The SMILES string of the molecule is C#COC1CCC2(C(=O)N2CCN2C(=O)C23CCC(OCCOc2ccccc2)CC3C(=O)O)C(C(=O)O)C1.Oc1ccccc1. The highest BCUT2D eigenvalue weighted by molar-refractivity contribution is 6.07. The quantitative estimate of drug-likeness (QED) is 0.190. The number of phenols is 1. The van der Waals surface area contributed by atoms with E-state index >= 15 is 0 Å². The van der Waals surface area contributed by atoms with Gasteiger partial charge in [0.1, 0.15) is 41.4 Å². The number of carboxylic acids is 2. The molecule has 6 rings (SSSR count). The summed E-state index contributed by atoms with van der Waals surface area (Å²) in [7, 11) is 0. The maximum atomic E-state index is 13.0. The van der Waals surface area contributed by atoms with E-state index in [2.05, 4.69) is 6.11 Å². The van der Waals surface area contributed by atoms with Gasteiger partial charge in [0.2, 0.25) is 11.8 Å². The Morgan fingerprint density at radius 3 is 1.78 bits per heavy atom. The van der Waals surface area contributed by atoms with Gasteiger partial charge in [-0.2, -0.15) is 0 Å². The largest absolute Gasteiger partial charge is 0.508 e. The lowest BCUT2D eigenvalue weighted by molar-refractivity contribution is -0.148. The van der Waals surface area contributed by atoms with E-state index in [0.29, 0.717) is 44.6 Å². The van der Waals surface area contributed by atoms with Gasteiger partial charge < -0.3 is 39.3 Å². The zero-order valence-electron chi connectivity index (χ0n) is 25.3. The summed E-state index contributed by atoms with van der Waals surface area (Å²) in [5.41, 5.74) is -2.23. The number of rotatable bonds is 11. The molecule has 12 heteroatoms. The number of aliphatic carboxylic acids is 2. The Bertz CT molecular complexity index is 1460. The summed E-state index contributed by atoms with van der Waals surface area (Å²) in [6, 6.07) is 18.0. The fraction of sp³-hybridized carbons (Fsp3) is 0.471. The summed E-state index contributed by atoms with van der Waals surface area (Å²) in [5, 5.41) is 28.4. The first-order valence-electron chi connectivity index (χ1n) is 15.4. The monoisotopic (exact) mass is 634 g/mol. The Kier molecular flexibility index (Phi) is 9.72. The van der Waals surface area contributed by atoms with Crippen molar-refractivity contribution in [2.45, 2.75) is 61.8 Å². The summed E-state index contributed by atoms with van der Waals surface area (Å²) in [4.78, 5) is 53.0. The molecule has 2 aliphatic carbocycles. The van der Waals surface area contributed by atoms with Crippen LogP contribution in [0.3, 0.4) is 0 Å². The average Bonchev–Trinajstić information content (AvgIpc) is 3.83. The van der Waals surface area contributed by atoms with E-state index in [0.717, 1.165) is 5.75 Å². The summed E-state index contributed by atoms with van der Waals surface area (Å²) in [5.74, 6) is -3.50. The average molecular weight is 635 g/mol. The topological polar surface area (TPSA) is 163 Å². The fourth-order valence-electron chi connectivity index (χ4n) is 7.15. The lowest BCUT2D eigenvalue weighted by Gasteiger charge is -2.33. The second-order valence-electron chi connectivity index (χ2n) is 11.9. The molecule has 2 aromatic carbocycles. The van der Waals surface area contributed by atoms with Crippen LogP contribution >= 0.6 is 0 Å². The van der Waals surface area contributed by atoms with Crippen molar-refractivity contribution in [2.24, 2.45) is 11.8 Å². The number of aromatic hydroxyl groups is 1. The molecule has 6 atom stereocenters. The maximum Gasteiger partial charge on any atom is 0.309 e. The van der Waals surface area contributed by atoms with E-state index < -0.39 is 41.0 Å². The molecule has 2 spiro atoms. The van der Waals surface area contributed by atoms with Crippen LogP contribution in [0.2, 0.25) is 0 Å². The second kappa shape index (κ2) is 13.7. The van der Waals surface area contributed by atoms with Gasteiger partial charge in [-0.25, -0.2) is 0 Å². The molecule has 3 N–H and O–H groups in total. The number of hydrogen-bond acceptors (Lipinski definition) is 8. The minimum Gasteiger partial charge on any atom is -0.508 e. The van der Waals surface area contributed by atoms with Crippen LogP contribution in [0.5, 0.6) is 11.5 Å². The summed E-state index contributed by atoms with van der Waals surface area (Å²) in [6.07, 6.45) is 8.52. The van der Waals surface area contributed by atoms with Gasteiger partial charge in [-0.1, -0.05) is 42.8 Å². The van der Waals surface area contributed by atoms with Gasteiger partial charge in [-0.15, -0.1) is 0 Å². The third kappa shape index (κ3) is 6.46. The van der Waals surface area contributed by atoms with Gasteiger partial charge in [0.15, 0.2) is 0 Å². The Morgan fingerprint density at radius 1 is 0.804 bits per heavy atom. The number of carbonyl (C=O) groups is 4. The summed E-state index contributed by atoms with van der Waals surface area (Å²) in [6.45, 7) is 0.934. The predicted octanol–water partition coefficient (Wildman–Crippen LogP) is 2.75. The van der Waals surface area contributed by atoms with E-state index in [-0.39, 0.29) is 43.8 Å². The van der Waals surface area contributed by atoms with E-state index in [1.54, 1.807) is 24.3 Å². The number of phenolic OH excluding ortho intramolecular Hbond substituents is 1. The van der Waals surface area contributed by atoms with Crippen LogP contribution in [0.15, 0.2) is 60.7 Å². The van der Waals surface area contributed by atoms with Crippen LogP contribution in [0.4, 0.5) is 0 Å². The Hall–Kier alpha value is -4.76. The van der Waals surface area contributed by atoms with Gasteiger partial charge in [-0.3, -0.25) is 19.2 Å². The Labute approximate surface area is 266 Å². The first kappa shape index (κ1) is 32.6. The normalized spacial score (nSPS) is 29.4. The number of amides is 2. The number of nitrogens with zero attached hydrogens (tertiary/aromatic N) is 2. The van der Waals surface area contributed by atoms with Crippen LogP contribution < -0.4 is 4.74 Å². The highest BCUT2D eigenvalue weighted by Gasteiger charge is 2.72. The molecule has 2 aliphatic heterocycles. The molecule has 244 valence electrons. The van der Waals surface area contributed by atoms with Crippen molar-refractivity contribution in [3.8, 4) is 24.0 Å². The first-order valence-corrected chi connectivity index (χ1v) is 15.4. The second-order valence-corrected chi connectivity index (χ2v) is 11.9. The Balaban J connectivity index is 0.000000527. The van der Waals surface area contributed by atoms with Gasteiger partial charge in [0.05, 0.1) is 24.5 Å². The van der Waals surface area contributed by atoms with Crippen LogP contribution in [-0.2, 0) is 28.7 Å². The zero-order chi connectivity index (χ0) is 32.9. The molecular weight excluding hydrogens is 596 g/mol. The molecule has 4 aliphatic rings. The zero-order valence-corrected chi connectivity index (χ0v) is 25.3. The molecule has 2 saturated carbocycles. The van der Waals surface area contributed by atoms with Crippen molar-refractivity contribution in [2.75, 3.05) is 26.3 Å². The number of terminal acetylenes is 1. The van der Waals surface area contributed by atoms with Crippen molar-refractivity contribution in [1.29, 1.82) is 0 Å². The van der Waals surface area contributed by atoms with Crippen molar-refractivity contribution in [3.05, 3.63) is 60.7 Å². The number of para-hydroxylation sites is 2. The summed E-state index contributed by atoms with van der Waals surface area (Å²) >= 11 is 0. The van der Waals surface area contributed by atoms with Crippen LogP contribution in [0, 0.1) is 24.4 Å². The first-order chi connectivity index (χ1) is 22.1. The van der Waals surface area contributed by atoms with Crippen molar-refractivity contribution in [3.63, 3.8) is 0 Å². The number of benzene rings is 2. The van der Waals surface area contributed by atoms with Crippen LogP contribution in [0.1, 0.15) is 38.5 Å². The fourth-order valence-corrected chi connectivity index (χ4v) is 7.15. The lowest BCUT2D eigenvalue weighted by atomic mass is 9.76. The van der Waals surface area contributed by atoms with Crippen molar-refractivity contribution < 1.29 is 48.7 Å². The van der Waals surface area contributed by atoms with Gasteiger partial charge in [0, 0.05) is 19.5 Å². The standard InChI is InChI=1S/C28H32N2O9.C6H6O/c1-2-37-19-8-10-27(21(16-19)23(31)32)25(35)29(27)12-13-30-26(36)28(30)11-9-20(17-22(28)24(33)34)39-15-14-38-18-6-4-3-5-7-18;7-6-4-2-1-3-5-6/h1,3-7,19-22H,8-17H2,(H,31,32)(H,33,34);1-5,7H. The minimum atomic E-state index is -1.12. The third-order valence-electron chi connectivity index (χ3n) is 9.52. The molecule has 12 nitrogen and oxygen atoms in total. The van der Waals surface area contributed by atoms with E-state index in [1.165, 1.54) is 9.80 Å². The smallest absolute Gasteiger partial charge is 0.309 e. The molecule has 0 aromatic heterocycles. The molecule has 6 unspecified atom stereocenters. The Morgan fingerprint density at radius 2 is 1.30 bits per heavy atom. The highest BCUT2D eigenvalue weighted by Crippen LogP contribution is 2.53. The lowest BCUT2D eigenvalue weighted by Crippen LogP contribution is -2.45. The number of hydrogen-bond donors (Lipinski definition) is 3. The molecule has 2 aromatic rings. The molecule has 0 bridgehead atoms. The van der Waals surface area contributed by atoms with E-state index in [1.807, 2.05) is 36.4 Å². The highest BCUT2D eigenvalue weighted by atomic mass is 16.5. The van der Waals surface area contributed by atoms with Gasteiger partial charge in [-0.05, 0) is 56.4 Å². The van der Waals surface area contributed by atoms with Crippen LogP contribution in [0.25, 0.3) is 0 Å². The van der Waals surface area contributed by atoms with Crippen molar-refractivity contribution >= 4 is 23.8 Å². The molecule has 2 amide bonds. The van der Waals surface area contributed by atoms with Crippen molar-refractivity contribution in [1.82, 2.24) is 9.80 Å². The molecular formula is C34H38N2O10. The molecule has 0 radical (unpaired) electrons.